The Morgan fingerprint density at radius 1 is 1.26 bits per heavy atom. The molecule has 0 saturated carbocycles. The summed E-state index contributed by atoms with van der Waals surface area (Å²) in [5, 5.41) is 9.08. The molecule has 2 aliphatic heterocycles. The summed E-state index contributed by atoms with van der Waals surface area (Å²) in [5.74, 6) is 7.58. The number of hydrogen-bond acceptors (Lipinski definition) is 4. The standard InChI is InChI=1S/C22H17ClN4/c23-19-4-1-3-17(13-19)7-9-20-5-2-6-21-16-26(11-12-27(20)21)22-10-8-18(14-24)15-25-22/h1-3,5-6,8,10-12,15-17,19H,4,13H2. The highest BCUT2D eigenvalue weighted by molar-refractivity contribution is 6.20. The van der Waals surface area contributed by atoms with Crippen LogP contribution in [-0.2, 0) is 0 Å². The van der Waals surface area contributed by atoms with Gasteiger partial charge in [-0.2, -0.15) is 5.26 Å². The summed E-state index contributed by atoms with van der Waals surface area (Å²) in [6, 6.07) is 5.67. The van der Waals surface area contributed by atoms with Gasteiger partial charge in [-0.05, 0) is 43.0 Å². The molecular formula is C22H17ClN4. The van der Waals surface area contributed by atoms with Gasteiger partial charge in [0.05, 0.1) is 17.0 Å². The monoisotopic (exact) mass is 372 g/mol. The average Bonchev–Trinajstić information content (AvgIpc) is 2.72. The third kappa shape index (κ3) is 3.82. The van der Waals surface area contributed by atoms with Gasteiger partial charge >= 0.3 is 0 Å². The molecule has 0 amide bonds. The molecule has 0 fully saturated rings. The molecule has 4 rings (SSSR count). The van der Waals surface area contributed by atoms with E-state index in [1.807, 2.05) is 47.8 Å². The maximum absolute atomic E-state index is 8.91. The highest BCUT2D eigenvalue weighted by Crippen LogP contribution is 2.27. The molecule has 3 heterocycles. The molecule has 1 aromatic heterocycles. The number of hydrogen-bond donors (Lipinski definition) is 0. The van der Waals surface area contributed by atoms with E-state index in [0.29, 0.717) is 5.56 Å². The Bertz CT molecular complexity index is 980. The summed E-state index contributed by atoms with van der Waals surface area (Å²) >= 11 is 6.23. The van der Waals surface area contributed by atoms with Gasteiger partial charge in [0, 0.05) is 36.1 Å². The number of alkyl halides is 1. The molecule has 5 heteroatoms. The van der Waals surface area contributed by atoms with Gasteiger partial charge in [0.2, 0.25) is 0 Å². The zero-order valence-corrected chi connectivity index (χ0v) is 15.3. The lowest BCUT2D eigenvalue weighted by Crippen LogP contribution is -2.25. The Labute approximate surface area is 164 Å². The van der Waals surface area contributed by atoms with Crippen LogP contribution in [0.2, 0.25) is 0 Å². The number of rotatable bonds is 1. The van der Waals surface area contributed by atoms with Gasteiger partial charge in [-0.25, -0.2) is 4.98 Å². The first-order chi connectivity index (χ1) is 13.2. The van der Waals surface area contributed by atoms with Crippen LogP contribution in [0, 0.1) is 29.1 Å². The van der Waals surface area contributed by atoms with E-state index >= 15 is 0 Å². The molecule has 4 nitrogen and oxygen atoms in total. The smallest absolute Gasteiger partial charge is 0.136 e. The first-order valence-electron chi connectivity index (χ1n) is 8.77. The van der Waals surface area contributed by atoms with Gasteiger partial charge in [0.15, 0.2) is 0 Å². The quantitative estimate of drug-likeness (QED) is 0.416. The molecule has 132 valence electrons. The topological polar surface area (TPSA) is 43.2 Å². The van der Waals surface area contributed by atoms with Crippen molar-refractivity contribution in [2.75, 3.05) is 4.90 Å². The highest BCUT2D eigenvalue weighted by Gasteiger charge is 2.18. The van der Waals surface area contributed by atoms with Gasteiger partial charge in [-0.1, -0.05) is 24.1 Å². The number of allylic oxidation sites excluding steroid dienone is 6. The maximum Gasteiger partial charge on any atom is 0.136 e. The minimum Gasteiger partial charge on any atom is -0.307 e. The molecule has 2 atom stereocenters. The zero-order chi connectivity index (χ0) is 18.6. The fraction of sp³-hybridized carbons (Fsp3) is 0.182. The second kappa shape index (κ2) is 7.58. The lowest BCUT2D eigenvalue weighted by atomic mass is 9.96. The zero-order valence-electron chi connectivity index (χ0n) is 14.6. The number of halogens is 1. The number of fused-ring (bicyclic) bond motifs is 1. The van der Waals surface area contributed by atoms with Crippen molar-refractivity contribution >= 4 is 17.4 Å². The van der Waals surface area contributed by atoms with Gasteiger partial charge < -0.3 is 9.80 Å². The van der Waals surface area contributed by atoms with Gasteiger partial charge in [0.25, 0.3) is 0 Å². The summed E-state index contributed by atoms with van der Waals surface area (Å²) < 4.78 is 0. The van der Waals surface area contributed by atoms with E-state index in [-0.39, 0.29) is 11.3 Å². The van der Waals surface area contributed by atoms with Crippen LogP contribution in [-0.4, -0.2) is 15.3 Å². The van der Waals surface area contributed by atoms with Crippen molar-refractivity contribution in [2.45, 2.75) is 18.2 Å². The van der Waals surface area contributed by atoms with E-state index in [0.717, 1.165) is 30.1 Å². The lowest BCUT2D eigenvalue weighted by molar-refractivity contribution is 0.596. The van der Waals surface area contributed by atoms with Crippen molar-refractivity contribution in [3.8, 4) is 17.9 Å². The Kier molecular flexibility index (Phi) is 4.83. The van der Waals surface area contributed by atoms with E-state index in [1.165, 1.54) is 0 Å². The summed E-state index contributed by atoms with van der Waals surface area (Å²) in [6.45, 7) is 0. The van der Waals surface area contributed by atoms with Crippen LogP contribution in [0.3, 0.4) is 0 Å². The summed E-state index contributed by atoms with van der Waals surface area (Å²) in [5.41, 5.74) is 2.48. The average molecular weight is 373 g/mol. The molecule has 0 N–H and O–H groups in total. The van der Waals surface area contributed by atoms with E-state index in [9.17, 15) is 0 Å². The van der Waals surface area contributed by atoms with Gasteiger partial charge in [-0.3, -0.25) is 0 Å². The summed E-state index contributed by atoms with van der Waals surface area (Å²) in [6.07, 6.45) is 19.6. The van der Waals surface area contributed by atoms with Crippen LogP contribution in [0.5, 0.6) is 0 Å². The van der Waals surface area contributed by atoms with Crippen LogP contribution in [0.15, 0.2) is 78.7 Å². The summed E-state index contributed by atoms with van der Waals surface area (Å²) in [7, 11) is 0. The van der Waals surface area contributed by atoms with Crippen LogP contribution < -0.4 is 4.90 Å². The number of aromatic nitrogens is 1. The Balaban J connectivity index is 1.52. The number of nitrogens with zero attached hydrogens (tertiary/aromatic N) is 4. The molecule has 0 spiro atoms. The first-order valence-corrected chi connectivity index (χ1v) is 9.21. The summed E-state index contributed by atoms with van der Waals surface area (Å²) in [4.78, 5) is 8.32. The van der Waals surface area contributed by atoms with Crippen molar-refractivity contribution in [2.24, 2.45) is 5.92 Å². The number of anilines is 1. The first kappa shape index (κ1) is 17.2. The minimum atomic E-state index is 0.174. The van der Waals surface area contributed by atoms with Crippen LogP contribution in [0.4, 0.5) is 5.82 Å². The molecule has 27 heavy (non-hydrogen) atoms. The van der Waals surface area contributed by atoms with Crippen LogP contribution in [0.1, 0.15) is 18.4 Å². The predicted octanol–water partition coefficient (Wildman–Crippen LogP) is 4.42. The fourth-order valence-electron chi connectivity index (χ4n) is 3.10. The molecule has 1 aromatic rings. The van der Waals surface area contributed by atoms with Crippen LogP contribution >= 0.6 is 11.6 Å². The Hall–Kier alpha value is -3.21. The molecule has 0 saturated heterocycles. The SMILES string of the molecule is N#Cc1ccc(N2C=CN3C(C#CC4C=CCC(Cl)C4)=CC=CC3=C2)nc1. The third-order valence-corrected chi connectivity index (χ3v) is 4.86. The second-order valence-electron chi connectivity index (χ2n) is 6.43. The number of nitriles is 1. The molecule has 1 aliphatic carbocycles. The molecule has 0 aromatic carbocycles. The van der Waals surface area contributed by atoms with Crippen molar-refractivity contribution in [3.05, 3.63) is 84.3 Å². The van der Waals surface area contributed by atoms with E-state index in [2.05, 4.69) is 39.9 Å². The highest BCUT2D eigenvalue weighted by atomic mass is 35.5. The van der Waals surface area contributed by atoms with E-state index < -0.39 is 0 Å². The fourth-order valence-corrected chi connectivity index (χ4v) is 3.39. The number of pyridine rings is 1. The lowest BCUT2D eigenvalue weighted by Gasteiger charge is -2.30. The molecular weight excluding hydrogens is 356 g/mol. The van der Waals surface area contributed by atoms with Crippen molar-refractivity contribution in [3.63, 3.8) is 0 Å². The van der Waals surface area contributed by atoms with Crippen molar-refractivity contribution in [1.29, 1.82) is 5.26 Å². The van der Waals surface area contributed by atoms with Crippen molar-refractivity contribution < 1.29 is 0 Å². The normalized spacial score (nSPS) is 23.0. The third-order valence-electron chi connectivity index (χ3n) is 4.50. The van der Waals surface area contributed by atoms with Gasteiger partial charge in [0.1, 0.15) is 11.9 Å². The molecule has 0 bridgehead atoms. The van der Waals surface area contributed by atoms with Crippen molar-refractivity contribution in [1.82, 2.24) is 9.88 Å². The molecule has 2 unspecified atom stereocenters. The van der Waals surface area contributed by atoms with Crippen LogP contribution in [0.25, 0.3) is 0 Å². The largest absolute Gasteiger partial charge is 0.307 e. The Morgan fingerprint density at radius 2 is 2.19 bits per heavy atom. The molecule has 0 radical (unpaired) electrons. The van der Waals surface area contributed by atoms with E-state index in [4.69, 9.17) is 16.9 Å². The van der Waals surface area contributed by atoms with Gasteiger partial charge in [-0.15, -0.1) is 11.6 Å². The Morgan fingerprint density at radius 3 is 2.96 bits per heavy atom. The molecule has 3 aliphatic rings. The minimum absolute atomic E-state index is 0.174. The van der Waals surface area contributed by atoms with E-state index in [1.54, 1.807) is 12.3 Å². The maximum atomic E-state index is 8.91. The predicted molar refractivity (Wildman–Crippen MR) is 107 cm³/mol. The second-order valence-corrected chi connectivity index (χ2v) is 7.05.